The van der Waals surface area contributed by atoms with Crippen molar-refractivity contribution in [1.82, 2.24) is 9.21 Å². The lowest BCUT2D eigenvalue weighted by atomic mass is 9.78. The summed E-state index contributed by atoms with van der Waals surface area (Å²) in [5.74, 6) is 0.740. The molecule has 3 rings (SSSR count). The molecule has 2 heterocycles. The molecule has 1 fully saturated rings. The van der Waals surface area contributed by atoms with Crippen molar-refractivity contribution in [3.8, 4) is 0 Å². The number of nitrogens with two attached hydrogens (primary N) is 1. The highest BCUT2D eigenvalue weighted by atomic mass is 32.2. The largest absolute Gasteiger partial charge is 0.370 e. The van der Waals surface area contributed by atoms with Crippen LogP contribution in [-0.4, -0.2) is 55.8 Å². The average Bonchev–Trinajstić information content (AvgIpc) is 2.59. The van der Waals surface area contributed by atoms with Gasteiger partial charge in [0.15, 0.2) is 5.96 Å². The molecule has 0 saturated carbocycles. The summed E-state index contributed by atoms with van der Waals surface area (Å²) >= 11 is 0. The number of hydrogen-bond donors (Lipinski definition) is 1. The van der Waals surface area contributed by atoms with Crippen LogP contribution in [0.5, 0.6) is 0 Å². The smallest absolute Gasteiger partial charge is 0.243 e. The quantitative estimate of drug-likeness (QED) is 0.896. The minimum Gasteiger partial charge on any atom is -0.370 e. The minimum absolute atomic E-state index is 0.192. The van der Waals surface area contributed by atoms with E-state index >= 15 is 0 Å². The van der Waals surface area contributed by atoms with E-state index in [0.717, 1.165) is 25.8 Å². The molecule has 2 N–H and O–H groups in total. The van der Waals surface area contributed by atoms with Crippen LogP contribution in [0.15, 0.2) is 40.2 Å². The lowest BCUT2D eigenvalue weighted by molar-refractivity contribution is 0.159. The van der Waals surface area contributed by atoms with E-state index in [1.165, 1.54) is 0 Å². The lowest BCUT2D eigenvalue weighted by Crippen LogP contribution is -2.52. The Hall–Kier alpha value is -1.60. The number of sulfonamides is 1. The van der Waals surface area contributed by atoms with E-state index in [-0.39, 0.29) is 11.5 Å². The molecule has 0 spiro atoms. The maximum Gasteiger partial charge on any atom is 0.243 e. The molecule has 7 heteroatoms. The summed E-state index contributed by atoms with van der Waals surface area (Å²) in [5, 5.41) is 0. The van der Waals surface area contributed by atoms with Gasteiger partial charge in [0.25, 0.3) is 0 Å². The van der Waals surface area contributed by atoms with Crippen LogP contribution in [0, 0.1) is 5.92 Å². The first-order valence-electron chi connectivity index (χ1n) is 8.44. The summed E-state index contributed by atoms with van der Waals surface area (Å²) in [7, 11) is -1.51. The van der Waals surface area contributed by atoms with Crippen molar-refractivity contribution in [1.29, 1.82) is 0 Å². The molecule has 1 aromatic carbocycles. The molecule has 0 radical (unpaired) electrons. The van der Waals surface area contributed by atoms with Gasteiger partial charge in [-0.3, -0.25) is 0 Å². The highest BCUT2D eigenvalue weighted by molar-refractivity contribution is 7.89. The monoisotopic (exact) mass is 350 g/mol. The molecule has 1 unspecified atom stereocenters. The van der Waals surface area contributed by atoms with Crippen LogP contribution >= 0.6 is 0 Å². The SMILES string of the molecule is CN1CC[C@@](C)(C2CCCN(S(=O)(=O)c3ccccc3)C2)N=C1N. The van der Waals surface area contributed by atoms with Gasteiger partial charge in [-0.25, -0.2) is 13.4 Å². The molecular formula is C17H26N4O2S. The van der Waals surface area contributed by atoms with Gasteiger partial charge in [0.2, 0.25) is 10.0 Å². The molecule has 6 nitrogen and oxygen atoms in total. The molecule has 24 heavy (non-hydrogen) atoms. The standard InChI is InChI=1S/C17H26N4O2S/c1-17(10-12-20(2)16(18)19-17)14-7-6-11-21(13-14)24(22,23)15-8-4-3-5-9-15/h3-5,8-9,14H,6-7,10-13H2,1-2H3,(H2,18,19)/t14?,17-/m0/s1. The topological polar surface area (TPSA) is 79.0 Å². The minimum atomic E-state index is -3.44. The number of piperidine rings is 1. The van der Waals surface area contributed by atoms with Crippen molar-refractivity contribution < 1.29 is 8.42 Å². The Bertz CT molecular complexity index is 719. The van der Waals surface area contributed by atoms with Crippen LogP contribution in [0.4, 0.5) is 0 Å². The first-order valence-corrected chi connectivity index (χ1v) is 9.88. The fraction of sp³-hybridized carbons (Fsp3) is 0.588. The molecule has 2 aliphatic rings. The fourth-order valence-corrected chi connectivity index (χ4v) is 5.16. The van der Waals surface area contributed by atoms with E-state index in [2.05, 4.69) is 6.92 Å². The summed E-state index contributed by atoms with van der Waals surface area (Å²) < 4.78 is 27.4. The average molecular weight is 350 g/mol. The highest BCUT2D eigenvalue weighted by Gasteiger charge is 2.41. The van der Waals surface area contributed by atoms with Crippen molar-refractivity contribution in [2.24, 2.45) is 16.6 Å². The Balaban J connectivity index is 1.83. The molecule has 0 aliphatic carbocycles. The van der Waals surface area contributed by atoms with Gasteiger partial charge >= 0.3 is 0 Å². The Labute approximate surface area is 144 Å². The second-order valence-electron chi connectivity index (χ2n) is 7.01. The summed E-state index contributed by atoms with van der Waals surface area (Å²) in [6.07, 6.45) is 2.74. The normalized spacial score (nSPS) is 29.3. The van der Waals surface area contributed by atoms with Crippen molar-refractivity contribution >= 4 is 16.0 Å². The van der Waals surface area contributed by atoms with Gasteiger partial charge in [0.05, 0.1) is 10.4 Å². The van der Waals surface area contributed by atoms with E-state index in [4.69, 9.17) is 10.7 Å². The van der Waals surface area contributed by atoms with Crippen molar-refractivity contribution in [2.45, 2.75) is 36.6 Å². The zero-order valence-electron chi connectivity index (χ0n) is 14.4. The summed E-state index contributed by atoms with van der Waals surface area (Å²) in [6.45, 7) is 4.04. The molecule has 132 valence electrons. The van der Waals surface area contributed by atoms with E-state index in [1.54, 1.807) is 28.6 Å². The Morgan fingerprint density at radius 2 is 1.96 bits per heavy atom. The number of rotatable bonds is 3. The second kappa shape index (κ2) is 6.37. The second-order valence-corrected chi connectivity index (χ2v) is 8.95. The third-order valence-electron chi connectivity index (χ3n) is 5.36. The summed E-state index contributed by atoms with van der Waals surface area (Å²) in [5.41, 5.74) is 5.73. The maximum atomic E-state index is 12.9. The van der Waals surface area contributed by atoms with Crippen LogP contribution in [0.1, 0.15) is 26.2 Å². The molecule has 2 aliphatic heterocycles. The molecule has 1 aromatic rings. The molecular weight excluding hydrogens is 324 g/mol. The molecule has 0 bridgehead atoms. The van der Waals surface area contributed by atoms with Gasteiger partial charge in [0, 0.05) is 26.7 Å². The maximum absolute atomic E-state index is 12.9. The number of hydrogen-bond acceptors (Lipinski definition) is 5. The van der Waals surface area contributed by atoms with Gasteiger partial charge in [0.1, 0.15) is 0 Å². The van der Waals surface area contributed by atoms with Crippen molar-refractivity contribution in [3.05, 3.63) is 30.3 Å². The van der Waals surface area contributed by atoms with Gasteiger partial charge in [-0.1, -0.05) is 18.2 Å². The zero-order chi connectivity index (χ0) is 17.4. The third kappa shape index (κ3) is 3.15. The van der Waals surface area contributed by atoms with Crippen LogP contribution in [0.25, 0.3) is 0 Å². The van der Waals surface area contributed by atoms with E-state index < -0.39 is 10.0 Å². The molecule has 2 atom stereocenters. The first-order chi connectivity index (χ1) is 11.3. The fourth-order valence-electron chi connectivity index (χ4n) is 3.62. The zero-order valence-corrected chi connectivity index (χ0v) is 15.2. The Kier molecular flexibility index (Phi) is 4.57. The highest BCUT2D eigenvalue weighted by Crippen LogP contribution is 2.36. The van der Waals surface area contributed by atoms with E-state index in [9.17, 15) is 8.42 Å². The van der Waals surface area contributed by atoms with Crippen LogP contribution in [0.2, 0.25) is 0 Å². The van der Waals surface area contributed by atoms with Gasteiger partial charge < -0.3 is 10.6 Å². The third-order valence-corrected chi connectivity index (χ3v) is 7.24. The molecule has 0 amide bonds. The van der Waals surface area contributed by atoms with E-state index in [1.807, 2.05) is 18.0 Å². The van der Waals surface area contributed by atoms with Crippen LogP contribution < -0.4 is 5.73 Å². The van der Waals surface area contributed by atoms with Crippen molar-refractivity contribution in [3.63, 3.8) is 0 Å². The summed E-state index contributed by atoms with van der Waals surface area (Å²) in [4.78, 5) is 7.02. The predicted molar refractivity (Wildman–Crippen MR) is 95.2 cm³/mol. The van der Waals surface area contributed by atoms with Crippen LogP contribution in [0.3, 0.4) is 0 Å². The predicted octanol–water partition coefficient (Wildman–Crippen LogP) is 1.50. The number of benzene rings is 1. The van der Waals surface area contributed by atoms with Gasteiger partial charge in [-0.2, -0.15) is 4.31 Å². The number of guanidine groups is 1. The summed E-state index contributed by atoms with van der Waals surface area (Å²) in [6, 6.07) is 8.67. The Morgan fingerprint density at radius 1 is 1.25 bits per heavy atom. The number of nitrogens with zero attached hydrogens (tertiary/aromatic N) is 3. The van der Waals surface area contributed by atoms with Crippen LogP contribution in [-0.2, 0) is 10.0 Å². The van der Waals surface area contributed by atoms with Gasteiger partial charge in [-0.05, 0) is 44.2 Å². The first kappa shape index (κ1) is 17.2. The van der Waals surface area contributed by atoms with E-state index in [0.29, 0.717) is 23.9 Å². The molecule has 1 saturated heterocycles. The lowest BCUT2D eigenvalue weighted by Gasteiger charge is -2.44. The van der Waals surface area contributed by atoms with Gasteiger partial charge in [-0.15, -0.1) is 0 Å². The number of aliphatic imine (C=N–C) groups is 1. The Morgan fingerprint density at radius 3 is 2.62 bits per heavy atom. The molecule has 0 aromatic heterocycles. The van der Waals surface area contributed by atoms with Crippen molar-refractivity contribution in [2.75, 3.05) is 26.7 Å².